The van der Waals surface area contributed by atoms with Gasteiger partial charge in [-0.25, -0.2) is 0 Å². The minimum atomic E-state index is -0.365. The van der Waals surface area contributed by atoms with Crippen molar-refractivity contribution in [2.75, 3.05) is 7.11 Å². The Bertz CT molecular complexity index is 639. The highest BCUT2D eigenvalue weighted by molar-refractivity contribution is 9.10. The Morgan fingerprint density at radius 3 is 2.81 bits per heavy atom. The molecule has 0 aromatic heterocycles. The van der Waals surface area contributed by atoms with E-state index in [1.165, 1.54) is 11.1 Å². The normalized spacial score (nSPS) is 20.9. The summed E-state index contributed by atoms with van der Waals surface area (Å²) < 4.78 is 6.23. The number of aryl methyl sites for hydroxylation is 1. The zero-order chi connectivity index (χ0) is 14.8. The van der Waals surface area contributed by atoms with Crippen molar-refractivity contribution in [1.82, 2.24) is 0 Å². The van der Waals surface area contributed by atoms with E-state index in [2.05, 4.69) is 40.2 Å². The van der Waals surface area contributed by atoms with E-state index in [1.54, 1.807) is 7.11 Å². The molecule has 3 heteroatoms. The Hall–Kier alpha value is -1.32. The molecule has 2 aromatic carbocycles. The van der Waals surface area contributed by atoms with Gasteiger partial charge >= 0.3 is 0 Å². The summed E-state index contributed by atoms with van der Waals surface area (Å²) in [5, 5.41) is 10.6. The molecule has 0 fully saturated rings. The number of hydrogen-bond donors (Lipinski definition) is 1. The van der Waals surface area contributed by atoms with Gasteiger partial charge in [0, 0.05) is 0 Å². The van der Waals surface area contributed by atoms with Gasteiger partial charge in [-0.1, -0.05) is 30.3 Å². The lowest BCUT2D eigenvalue weighted by Gasteiger charge is -2.30. The molecule has 110 valence electrons. The van der Waals surface area contributed by atoms with Crippen LogP contribution in [0.3, 0.4) is 0 Å². The second-order valence-electron chi connectivity index (χ2n) is 5.62. The SMILES string of the molecule is COc1ccc(CC2CCc3ccccc3C2O)cc1Br. The number of aliphatic hydroxyl groups excluding tert-OH is 1. The molecule has 2 nitrogen and oxygen atoms in total. The lowest BCUT2D eigenvalue weighted by molar-refractivity contribution is 0.0936. The highest BCUT2D eigenvalue weighted by Crippen LogP contribution is 2.37. The molecule has 0 spiro atoms. The molecule has 0 aliphatic heterocycles. The predicted molar refractivity (Wildman–Crippen MR) is 87.6 cm³/mol. The van der Waals surface area contributed by atoms with Crippen LogP contribution in [0.15, 0.2) is 46.9 Å². The number of methoxy groups -OCH3 is 1. The van der Waals surface area contributed by atoms with E-state index in [0.717, 1.165) is 35.0 Å². The van der Waals surface area contributed by atoms with Gasteiger partial charge < -0.3 is 9.84 Å². The van der Waals surface area contributed by atoms with Crippen molar-refractivity contribution in [3.63, 3.8) is 0 Å². The Morgan fingerprint density at radius 2 is 2.05 bits per heavy atom. The molecule has 3 rings (SSSR count). The highest BCUT2D eigenvalue weighted by atomic mass is 79.9. The average molecular weight is 347 g/mol. The van der Waals surface area contributed by atoms with E-state index in [1.807, 2.05) is 18.2 Å². The van der Waals surface area contributed by atoms with E-state index in [4.69, 9.17) is 4.74 Å². The third kappa shape index (κ3) is 2.99. The first-order valence-corrected chi connectivity index (χ1v) is 8.06. The average Bonchev–Trinajstić information content (AvgIpc) is 2.51. The van der Waals surface area contributed by atoms with Gasteiger partial charge in [0.1, 0.15) is 5.75 Å². The Labute approximate surface area is 133 Å². The molecule has 0 bridgehead atoms. The van der Waals surface area contributed by atoms with Crippen LogP contribution >= 0.6 is 15.9 Å². The van der Waals surface area contributed by atoms with Crippen molar-refractivity contribution in [2.24, 2.45) is 5.92 Å². The van der Waals surface area contributed by atoms with Crippen LogP contribution in [0.2, 0.25) is 0 Å². The summed E-state index contributed by atoms with van der Waals surface area (Å²) in [7, 11) is 1.67. The van der Waals surface area contributed by atoms with Crippen molar-refractivity contribution < 1.29 is 9.84 Å². The molecular formula is C18H19BrO2. The van der Waals surface area contributed by atoms with Gasteiger partial charge in [-0.15, -0.1) is 0 Å². The zero-order valence-corrected chi connectivity index (χ0v) is 13.6. The highest BCUT2D eigenvalue weighted by Gasteiger charge is 2.27. The third-order valence-electron chi connectivity index (χ3n) is 4.32. The van der Waals surface area contributed by atoms with E-state index < -0.39 is 0 Å². The smallest absolute Gasteiger partial charge is 0.133 e. The van der Waals surface area contributed by atoms with Crippen LogP contribution in [-0.4, -0.2) is 12.2 Å². The van der Waals surface area contributed by atoms with E-state index >= 15 is 0 Å². The van der Waals surface area contributed by atoms with Crippen molar-refractivity contribution in [2.45, 2.75) is 25.4 Å². The maximum Gasteiger partial charge on any atom is 0.133 e. The van der Waals surface area contributed by atoms with E-state index in [-0.39, 0.29) is 12.0 Å². The minimum absolute atomic E-state index is 0.278. The van der Waals surface area contributed by atoms with Gasteiger partial charge in [-0.2, -0.15) is 0 Å². The van der Waals surface area contributed by atoms with Gasteiger partial charge in [0.15, 0.2) is 0 Å². The summed E-state index contributed by atoms with van der Waals surface area (Å²) in [6, 6.07) is 14.4. The molecule has 0 saturated heterocycles. The van der Waals surface area contributed by atoms with Crippen molar-refractivity contribution in [3.8, 4) is 5.75 Å². The third-order valence-corrected chi connectivity index (χ3v) is 4.94. The molecule has 1 N–H and O–H groups in total. The molecule has 0 heterocycles. The van der Waals surface area contributed by atoms with E-state index in [0.29, 0.717) is 0 Å². The molecular weight excluding hydrogens is 328 g/mol. The number of rotatable bonds is 3. The first-order chi connectivity index (χ1) is 10.2. The van der Waals surface area contributed by atoms with Gasteiger partial charge in [-0.05, 0) is 69.9 Å². The number of benzene rings is 2. The predicted octanol–water partition coefficient (Wildman–Crippen LogP) is 4.30. The van der Waals surface area contributed by atoms with Gasteiger partial charge in [0.2, 0.25) is 0 Å². The molecule has 1 aliphatic carbocycles. The second-order valence-corrected chi connectivity index (χ2v) is 6.47. The molecule has 21 heavy (non-hydrogen) atoms. The van der Waals surface area contributed by atoms with Gasteiger partial charge in [-0.3, -0.25) is 0 Å². The number of ether oxygens (including phenoxy) is 1. The van der Waals surface area contributed by atoms with Crippen LogP contribution in [0.1, 0.15) is 29.2 Å². The summed E-state index contributed by atoms with van der Waals surface area (Å²) in [5.74, 6) is 1.12. The van der Waals surface area contributed by atoms with E-state index in [9.17, 15) is 5.11 Å². The monoisotopic (exact) mass is 346 g/mol. The van der Waals surface area contributed by atoms with Crippen LogP contribution in [0, 0.1) is 5.92 Å². The van der Waals surface area contributed by atoms with Crippen LogP contribution in [0.4, 0.5) is 0 Å². The first kappa shape index (κ1) is 14.6. The fraction of sp³-hybridized carbons (Fsp3) is 0.333. The fourth-order valence-corrected chi connectivity index (χ4v) is 3.74. The standard InChI is InChI=1S/C18H19BrO2/c1-21-17-9-6-12(11-16(17)19)10-14-8-7-13-4-2-3-5-15(13)18(14)20/h2-6,9,11,14,18,20H,7-8,10H2,1H3. The number of halogens is 1. The summed E-state index contributed by atoms with van der Waals surface area (Å²) in [6.07, 6.45) is 2.60. The molecule has 0 saturated carbocycles. The lowest BCUT2D eigenvalue weighted by Crippen LogP contribution is -2.22. The van der Waals surface area contributed by atoms with Crippen LogP contribution < -0.4 is 4.74 Å². The Balaban J connectivity index is 1.79. The lowest BCUT2D eigenvalue weighted by atomic mass is 9.78. The maximum atomic E-state index is 10.6. The second kappa shape index (κ2) is 6.20. The maximum absolute atomic E-state index is 10.6. The van der Waals surface area contributed by atoms with Crippen LogP contribution in [0.5, 0.6) is 5.75 Å². The summed E-state index contributed by atoms with van der Waals surface area (Å²) in [5.41, 5.74) is 3.62. The quantitative estimate of drug-likeness (QED) is 0.897. The molecule has 1 aliphatic rings. The minimum Gasteiger partial charge on any atom is -0.496 e. The molecule has 2 aromatic rings. The largest absolute Gasteiger partial charge is 0.496 e. The number of fused-ring (bicyclic) bond motifs is 1. The molecule has 0 amide bonds. The number of aliphatic hydroxyl groups is 1. The van der Waals surface area contributed by atoms with Gasteiger partial charge in [0.05, 0.1) is 17.7 Å². The van der Waals surface area contributed by atoms with Crippen LogP contribution in [-0.2, 0) is 12.8 Å². The summed E-state index contributed by atoms with van der Waals surface area (Å²) >= 11 is 3.53. The van der Waals surface area contributed by atoms with Crippen molar-refractivity contribution in [3.05, 3.63) is 63.6 Å². The Morgan fingerprint density at radius 1 is 1.24 bits per heavy atom. The Kier molecular flexibility index (Phi) is 4.32. The van der Waals surface area contributed by atoms with Crippen molar-refractivity contribution in [1.29, 1.82) is 0 Å². The fourth-order valence-electron chi connectivity index (χ4n) is 3.16. The number of hydrogen-bond acceptors (Lipinski definition) is 2. The molecule has 0 radical (unpaired) electrons. The van der Waals surface area contributed by atoms with Crippen LogP contribution in [0.25, 0.3) is 0 Å². The summed E-state index contributed by atoms with van der Waals surface area (Å²) in [4.78, 5) is 0. The molecule has 2 atom stereocenters. The summed E-state index contributed by atoms with van der Waals surface area (Å²) in [6.45, 7) is 0. The first-order valence-electron chi connectivity index (χ1n) is 7.27. The van der Waals surface area contributed by atoms with Gasteiger partial charge in [0.25, 0.3) is 0 Å². The zero-order valence-electron chi connectivity index (χ0n) is 12.1. The van der Waals surface area contributed by atoms with Crippen molar-refractivity contribution >= 4 is 15.9 Å². The topological polar surface area (TPSA) is 29.5 Å². The molecule has 2 unspecified atom stereocenters.